The standard InChI is InChI=1S/C44H28N4/c1-3-14-29(15-4-1)43-44(46-37-22-10-9-21-36(37)45-43)48-38-23-11-7-18-33(38)34-27-26-30(28-41(34)48)32-20-13-25-40-42(32)35-19-8-12-24-39(35)47(40)31-16-5-2-6-17-31/h1-28H. The average molecular weight is 613 g/mol. The zero-order valence-corrected chi connectivity index (χ0v) is 26.0. The van der Waals surface area contributed by atoms with Crippen molar-refractivity contribution in [3.63, 3.8) is 0 Å². The van der Waals surface area contributed by atoms with Crippen molar-refractivity contribution in [3.8, 4) is 33.9 Å². The molecule has 0 spiro atoms. The normalized spacial score (nSPS) is 11.8. The summed E-state index contributed by atoms with van der Waals surface area (Å²) in [6, 6.07) is 60.0. The fraction of sp³-hybridized carbons (Fsp3) is 0. The summed E-state index contributed by atoms with van der Waals surface area (Å²) in [5.74, 6) is 0.821. The van der Waals surface area contributed by atoms with Crippen LogP contribution in [-0.4, -0.2) is 19.1 Å². The largest absolute Gasteiger partial charge is 0.309 e. The first kappa shape index (κ1) is 26.7. The molecule has 0 atom stereocenters. The smallest absolute Gasteiger partial charge is 0.165 e. The topological polar surface area (TPSA) is 35.6 Å². The van der Waals surface area contributed by atoms with E-state index in [0.717, 1.165) is 50.4 Å². The van der Waals surface area contributed by atoms with Crippen LogP contribution in [0, 0.1) is 0 Å². The highest BCUT2D eigenvalue weighted by Crippen LogP contribution is 2.41. The molecule has 0 amide bonds. The van der Waals surface area contributed by atoms with E-state index in [9.17, 15) is 0 Å². The fourth-order valence-corrected chi connectivity index (χ4v) is 7.42. The van der Waals surface area contributed by atoms with Crippen LogP contribution in [0.2, 0.25) is 0 Å². The monoisotopic (exact) mass is 612 g/mol. The molecule has 0 N–H and O–H groups in total. The predicted octanol–water partition coefficient (Wildman–Crippen LogP) is 11.2. The highest BCUT2D eigenvalue weighted by Gasteiger charge is 2.21. The zero-order valence-electron chi connectivity index (χ0n) is 26.0. The van der Waals surface area contributed by atoms with Gasteiger partial charge >= 0.3 is 0 Å². The third-order valence-electron chi connectivity index (χ3n) is 9.51. The minimum atomic E-state index is 0.821. The van der Waals surface area contributed by atoms with Crippen LogP contribution in [0.25, 0.3) is 88.5 Å². The van der Waals surface area contributed by atoms with Crippen molar-refractivity contribution in [2.45, 2.75) is 0 Å². The molecule has 4 nitrogen and oxygen atoms in total. The van der Waals surface area contributed by atoms with Crippen molar-refractivity contribution < 1.29 is 0 Å². The van der Waals surface area contributed by atoms with Crippen molar-refractivity contribution in [1.29, 1.82) is 0 Å². The van der Waals surface area contributed by atoms with E-state index >= 15 is 0 Å². The van der Waals surface area contributed by atoms with E-state index in [1.807, 2.05) is 30.3 Å². The summed E-state index contributed by atoms with van der Waals surface area (Å²) in [5, 5.41) is 4.85. The van der Waals surface area contributed by atoms with Crippen molar-refractivity contribution in [2.24, 2.45) is 0 Å². The molecule has 3 heterocycles. The Bertz CT molecular complexity index is 2830. The number of benzene rings is 7. The molecule has 0 unspecified atom stereocenters. The Labute approximate surface area is 276 Å². The molecule has 0 aliphatic carbocycles. The van der Waals surface area contributed by atoms with Crippen LogP contribution < -0.4 is 0 Å². The number of nitrogens with zero attached hydrogens (tertiary/aromatic N) is 4. The lowest BCUT2D eigenvalue weighted by atomic mass is 9.98. The van der Waals surface area contributed by atoms with Crippen LogP contribution >= 0.6 is 0 Å². The van der Waals surface area contributed by atoms with Gasteiger partial charge in [0.25, 0.3) is 0 Å². The molecule has 0 fully saturated rings. The van der Waals surface area contributed by atoms with E-state index in [0.29, 0.717) is 0 Å². The lowest BCUT2D eigenvalue weighted by molar-refractivity contribution is 1.08. The van der Waals surface area contributed by atoms with Gasteiger partial charge in [0.2, 0.25) is 0 Å². The summed E-state index contributed by atoms with van der Waals surface area (Å²) in [5.41, 5.74) is 11.7. The lowest BCUT2D eigenvalue weighted by Gasteiger charge is -2.14. The summed E-state index contributed by atoms with van der Waals surface area (Å²) in [6.45, 7) is 0. The van der Waals surface area contributed by atoms with Gasteiger partial charge in [0.05, 0.1) is 33.1 Å². The molecule has 10 aromatic rings. The van der Waals surface area contributed by atoms with Gasteiger partial charge in [0.15, 0.2) is 5.82 Å². The number of hydrogen-bond acceptors (Lipinski definition) is 2. The van der Waals surface area contributed by atoms with Gasteiger partial charge in [-0.3, -0.25) is 4.57 Å². The van der Waals surface area contributed by atoms with E-state index < -0.39 is 0 Å². The molecule has 0 saturated heterocycles. The van der Waals surface area contributed by atoms with Crippen LogP contribution in [0.15, 0.2) is 170 Å². The Morgan fingerprint density at radius 3 is 1.77 bits per heavy atom. The van der Waals surface area contributed by atoms with Gasteiger partial charge in [-0.15, -0.1) is 0 Å². The van der Waals surface area contributed by atoms with Crippen LogP contribution in [0.5, 0.6) is 0 Å². The van der Waals surface area contributed by atoms with Crippen LogP contribution in [0.3, 0.4) is 0 Å². The lowest BCUT2D eigenvalue weighted by Crippen LogP contribution is -2.03. The summed E-state index contributed by atoms with van der Waals surface area (Å²) in [4.78, 5) is 10.5. The summed E-state index contributed by atoms with van der Waals surface area (Å²) < 4.78 is 4.68. The predicted molar refractivity (Wildman–Crippen MR) is 199 cm³/mol. The van der Waals surface area contributed by atoms with Crippen molar-refractivity contribution in [3.05, 3.63) is 170 Å². The molecule has 0 bridgehead atoms. The van der Waals surface area contributed by atoms with Gasteiger partial charge < -0.3 is 4.57 Å². The summed E-state index contributed by atoms with van der Waals surface area (Å²) in [6.07, 6.45) is 0. The Morgan fingerprint density at radius 2 is 0.979 bits per heavy atom. The van der Waals surface area contributed by atoms with Gasteiger partial charge in [-0.1, -0.05) is 121 Å². The van der Waals surface area contributed by atoms with Crippen molar-refractivity contribution in [2.75, 3.05) is 0 Å². The SMILES string of the molecule is c1ccc(-c2nc3ccccc3nc2-n2c3ccccc3c3ccc(-c4cccc5c4c4ccccc4n5-c4ccccc4)cc32)cc1. The molecule has 10 rings (SSSR count). The number of rotatable bonds is 4. The maximum atomic E-state index is 5.32. The molecule has 0 saturated carbocycles. The van der Waals surface area contributed by atoms with E-state index in [2.05, 4.69) is 149 Å². The van der Waals surface area contributed by atoms with Crippen LogP contribution in [-0.2, 0) is 0 Å². The second-order valence-electron chi connectivity index (χ2n) is 12.2. The molecule has 3 aromatic heterocycles. The first-order chi connectivity index (χ1) is 23.8. The molecular formula is C44H28N4. The van der Waals surface area contributed by atoms with Gasteiger partial charge in [0.1, 0.15) is 5.69 Å². The molecule has 0 aliphatic heterocycles. The van der Waals surface area contributed by atoms with E-state index in [1.54, 1.807) is 0 Å². The summed E-state index contributed by atoms with van der Waals surface area (Å²) >= 11 is 0. The minimum Gasteiger partial charge on any atom is -0.309 e. The highest BCUT2D eigenvalue weighted by atomic mass is 15.1. The third-order valence-corrected chi connectivity index (χ3v) is 9.51. The van der Waals surface area contributed by atoms with Gasteiger partial charge in [-0.05, 0) is 59.7 Å². The molecule has 4 heteroatoms. The van der Waals surface area contributed by atoms with Gasteiger partial charge in [-0.25, -0.2) is 9.97 Å². The third kappa shape index (κ3) is 3.96. The fourth-order valence-electron chi connectivity index (χ4n) is 7.42. The van der Waals surface area contributed by atoms with Crippen LogP contribution in [0.4, 0.5) is 0 Å². The summed E-state index contributed by atoms with van der Waals surface area (Å²) in [7, 11) is 0. The van der Waals surface area contributed by atoms with Crippen LogP contribution in [0.1, 0.15) is 0 Å². The number of para-hydroxylation sites is 5. The maximum absolute atomic E-state index is 5.32. The molecule has 0 radical (unpaired) electrons. The Kier molecular flexibility index (Phi) is 5.84. The minimum absolute atomic E-state index is 0.821. The maximum Gasteiger partial charge on any atom is 0.165 e. The average Bonchev–Trinajstić information content (AvgIpc) is 3.67. The Morgan fingerprint density at radius 1 is 0.375 bits per heavy atom. The second-order valence-corrected chi connectivity index (χ2v) is 12.2. The van der Waals surface area contributed by atoms with Crippen molar-refractivity contribution in [1.82, 2.24) is 19.1 Å². The molecule has 7 aromatic carbocycles. The molecule has 224 valence electrons. The van der Waals surface area contributed by atoms with Crippen molar-refractivity contribution >= 4 is 54.6 Å². The molecule has 48 heavy (non-hydrogen) atoms. The highest BCUT2D eigenvalue weighted by molar-refractivity contribution is 6.17. The van der Waals surface area contributed by atoms with E-state index in [1.165, 1.54) is 38.1 Å². The first-order valence-corrected chi connectivity index (χ1v) is 16.3. The number of fused-ring (bicyclic) bond motifs is 7. The molecule has 0 aliphatic rings. The van der Waals surface area contributed by atoms with Gasteiger partial charge in [-0.2, -0.15) is 0 Å². The Balaban J connectivity index is 1.29. The number of hydrogen-bond donors (Lipinski definition) is 0. The Hall–Kier alpha value is -6.52. The van der Waals surface area contributed by atoms with Gasteiger partial charge in [0, 0.05) is 32.8 Å². The van der Waals surface area contributed by atoms with E-state index in [-0.39, 0.29) is 0 Å². The van der Waals surface area contributed by atoms with E-state index in [4.69, 9.17) is 9.97 Å². The first-order valence-electron chi connectivity index (χ1n) is 16.3. The quantitative estimate of drug-likeness (QED) is 0.198. The number of aromatic nitrogens is 4. The molecular weight excluding hydrogens is 585 g/mol. The zero-order chi connectivity index (χ0) is 31.6. The second kappa shape index (κ2) is 10.5.